The zero-order valence-electron chi connectivity index (χ0n) is 16.5. The second kappa shape index (κ2) is 8.84. The van der Waals surface area contributed by atoms with Gasteiger partial charge in [0, 0.05) is 43.8 Å². The molecule has 6 heteroatoms. The average molecular weight is 367 g/mol. The minimum atomic E-state index is -0.209. The lowest BCUT2D eigenvalue weighted by atomic mass is 10.0. The third-order valence-corrected chi connectivity index (χ3v) is 5.07. The molecule has 0 aliphatic carbocycles. The second-order valence-corrected chi connectivity index (χ2v) is 7.11. The van der Waals surface area contributed by atoms with E-state index in [1.807, 2.05) is 24.3 Å². The fourth-order valence-electron chi connectivity index (χ4n) is 3.54. The zero-order chi connectivity index (χ0) is 19.2. The molecule has 0 saturated carbocycles. The highest BCUT2D eigenvalue weighted by Crippen LogP contribution is 2.21. The van der Waals surface area contributed by atoms with E-state index in [1.54, 1.807) is 12.3 Å². The largest absolute Gasteiger partial charge is 0.372 e. The van der Waals surface area contributed by atoms with Crippen molar-refractivity contribution in [3.8, 4) is 0 Å². The fraction of sp³-hybridized carbons (Fsp3) is 0.476. The summed E-state index contributed by atoms with van der Waals surface area (Å²) in [6, 6.07) is 9.59. The fourth-order valence-corrected chi connectivity index (χ4v) is 3.54. The SMILES string of the molecule is CCN(CC)c1ccc(NC(=O)c2ccnc(N3CCCC(C)C3)n2)cc1. The van der Waals surface area contributed by atoms with Gasteiger partial charge in [-0.25, -0.2) is 9.97 Å². The van der Waals surface area contributed by atoms with Gasteiger partial charge in [-0.05, 0) is 62.9 Å². The molecule has 0 radical (unpaired) electrons. The molecule has 2 aromatic rings. The molecular formula is C21H29N5O. The summed E-state index contributed by atoms with van der Waals surface area (Å²) in [7, 11) is 0. The Bertz CT molecular complexity index is 757. The Kier molecular flexibility index (Phi) is 6.27. The van der Waals surface area contributed by atoms with Crippen LogP contribution in [0.5, 0.6) is 0 Å². The van der Waals surface area contributed by atoms with Crippen molar-refractivity contribution in [2.45, 2.75) is 33.6 Å². The number of carbonyl (C=O) groups excluding carboxylic acids is 1. The van der Waals surface area contributed by atoms with Crippen molar-refractivity contribution in [3.63, 3.8) is 0 Å². The van der Waals surface area contributed by atoms with Gasteiger partial charge < -0.3 is 15.1 Å². The summed E-state index contributed by atoms with van der Waals surface area (Å²) in [5, 5.41) is 2.93. The van der Waals surface area contributed by atoms with Crippen molar-refractivity contribution < 1.29 is 4.79 Å². The van der Waals surface area contributed by atoms with Gasteiger partial charge in [0.1, 0.15) is 5.69 Å². The number of hydrogen-bond acceptors (Lipinski definition) is 5. The van der Waals surface area contributed by atoms with Gasteiger partial charge in [0.15, 0.2) is 0 Å². The summed E-state index contributed by atoms with van der Waals surface area (Å²) in [5.41, 5.74) is 2.32. The van der Waals surface area contributed by atoms with Gasteiger partial charge >= 0.3 is 0 Å². The van der Waals surface area contributed by atoms with E-state index in [0.717, 1.165) is 44.0 Å². The van der Waals surface area contributed by atoms with E-state index >= 15 is 0 Å². The van der Waals surface area contributed by atoms with Crippen LogP contribution in [0.3, 0.4) is 0 Å². The number of nitrogens with one attached hydrogen (secondary N) is 1. The van der Waals surface area contributed by atoms with Crippen molar-refractivity contribution in [1.29, 1.82) is 0 Å². The Balaban J connectivity index is 1.68. The van der Waals surface area contributed by atoms with Crippen LogP contribution in [0.15, 0.2) is 36.5 Å². The maximum absolute atomic E-state index is 12.6. The molecule has 6 nitrogen and oxygen atoms in total. The normalized spacial score (nSPS) is 16.9. The number of carbonyl (C=O) groups is 1. The molecule has 2 heterocycles. The minimum absolute atomic E-state index is 0.209. The maximum Gasteiger partial charge on any atom is 0.274 e. The molecule has 3 rings (SSSR count). The van der Waals surface area contributed by atoms with Crippen molar-refractivity contribution in [3.05, 3.63) is 42.2 Å². The Hall–Kier alpha value is -2.63. The van der Waals surface area contributed by atoms with Gasteiger partial charge in [-0.15, -0.1) is 0 Å². The molecule has 27 heavy (non-hydrogen) atoms. The predicted octanol–water partition coefficient (Wildman–Crippen LogP) is 3.81. The third kappa shape index (κ3) is 4.76. The lowest BCUT2D eigenvalue weighted by Gasteiger charge is -2.30. The quantitative estimate of drug-likeness (QED) is 0.841. The first kappa shape index (κ1) is 19.1. The van der Waals surface area contributed by atoms with E-state index in [9.17, 15) is 4.79 Å². The van der Waals surface area contributed by atoms with E-state index in [2.05, 4.69) is 45.9 Å². The molecule has 1 aromatic heterocycles. The highest BCUT2D eigenvalue weighted by atomic mass is 16.1. The van der Waals surface area contributed by atoms with Crippen LogP contribution in [0.1, 0.15) is 44.1 Å². The van der Waals surface area contributed by atoms with Gasteiger partial charge in [0.05, 0.1) is 0 Å². The van der Waals surface area contributed by atoms with Gasteiger partial charge in [-0.1, -0.05) is 6.92 Å². The predicted molar refractivity (Wildman–Crippen MR) is 111 cm³/mol. The number of amides is 1. The van der Waals surface area contributed by atoms with Crippen molar-refractivity contribution in [2.24, 2.45) is 5.92 Å². The molecule has 144 valence electrons. The molecule has 1 saturated heterocycles. The van der Waals surface area contributed by atoms with Crippen LogP contribution in [0.25, 0.3) is 0 Å². The van der Waals surface area contributed by atoms with Crippen LogP contribution in [0, 0.1) is 5.92 Å². The summed E-state index contributed by atoms with van der Waals surface area (Å²) in [6.45, 7) is 10.3. The molecule has 0 bridgehead atoms. The molecule has 1 aliphatic heterocycles. The Morgan fingerprint density at radius 1 is 1.22 bits per heavy atom. The smallest absolute Gasteiger partial charge is 0.274 e. The molecule has 1 aliphatic rings. The molecule has 1 unspecified atom stereocenters. The van der Waals surface area contributed by atoms with Crippen LogP contribution in [0.2, 0.25) is 0 Å². The van der Waals surface area contributed by atoms with Crippen LogP contribution in [0.4, 0.5) is 17.3 Å². The van der Waals surface area contributed by atoms with E-state index in [-0.39, 0.29) is 5.91 Å². The second-order valence-electron chi connectivity index (χ2n) is 7.11. The number of nitrogens with zero attached hydrogens (tertiary/aromatic N) is 4. The van der Waals surface area contributed by atoms with Crippen LogP contribution >= 0.6 is 0 Å². The van der Waals surface area contributed by atoms with Crippen LogP contribution < -0.4 is 15.1 Å². The standard InChI is InChI=1S/C21H29N5O/c1-4-25(5-2)18-10-8-17(9-11-18)23-20(27)19-12-13-22-21(24-19)26-14-6-7-16(3)15-26/h8-13,16H,4-7,14-15H2,1-3H3,(H,23,27). The first-order valence-corrected chi connectivity index (χ1v) is 9.85. The zero-order valence-corrected chi connectivity index (χ0v) is 16.5. The van der Waals surface area contributed by atoms with E-state index < -0.39 is 0 Å². The van der Waals surface area contributed by atoms with E-state index in [0.29, 0.717) is 17.6 Å². The summed E-state index contributed by atoms with van der Waals surface area (Å²) in [6.07, 6.45) is 4.04. The average Bonchev–Trinajstić information content (AvgIpc) is 2.70. The summed E-state index contributed by atoms with van der Waals surface area (Å²) in [5.74, 6) is 1.06. The summed E-state index contributed by atoms with van der Waals surface area (Å²) < 4.78 is 0. The summed E-state index contributed by atoms with van der Waals surface area (Å²) in [4.78, 5) is 25.9. The molecule has 0 spiro atoms. The first-order chi connectivity index (χ1) is 13.1. The number of piperidine rings is 1. The molecule has 1 aromatic carbocycles. The number of benzene rings is 1. The molecular weight excluding hydrogens is 338 g/mol. The number of aromatic nitrogens is 2. The third-order valence-electron chi connectivity index (χ3n) is 5.07. The maximum atomic E-state index is 12.6. The van der Waals surface area contributed by atoms with Gasteiger partial charge in [-0.2, -0.15) is 0 Å². The Morgan fingerprint density at radius 2 is 1.96 bits per heavy atom. The van der Waals surface area contributed by atoms with E-state index in [4.69, 9.17) is 0 Å². The molecule has 1 N–H and O–H groups in total. The van der Waals surface area contributed by atoms with Gasteiger partial charge in [0.2, 0.25) is 5.95 Å². The van der Waals surface area contributed by atoms with Gasteiger partial charge in [0.25, 0.3) is 5.91 Å². The lowest BCUT2D eigenvalue weighted by molar-refractivity contribution is 0.102. The monoisotopic (exact) mass is 367 g/mol. The van der Waals surface area contributed by atoms with Crippen LogP contribution in [-0.4, -0.2) is 42.1 Å². The highest BCUT2D eigenvalue weighted by Gasteiger charge is 2.19. The van der Waals surface area contributed by atoms with E-state index in [1.165, 1.54) is 6.42 Å². The van der Waals surface area contributed by atoms with Gasteiger partial charge in [-0.3, -0.25) is 4.79 Å². The topological polar surface area (TPSA) is 61.4 Å². The molecule has 1 atom stereocenters. The first-order valence-electron chi connectivity index (χ1n) is 9.85. The number of rotatable bonds is 6. The minimum Gasteiger partial charge on any atom is -0.372 e. The van der Waals surface area contributed by atoms with Crippen molar-refractivity contribution in [2.75, 3.05) is 41.3 Å². The lowest BCUT2D eigenvalue weighted by Crippen LogP contribution is -2.35. The highest BCUT2D eigenvalue weighted by molar-refractivity contribution is 6.03. The Labute approximate surface area is 161 Å². The van der Waals surface area contributed by atoms with Crippen molar-refractivity contribution in [1.82, 2.24) is 9.97 Å². The van der Waals surface area contributed by atoms with Crippen LogP contribution in [-0.2, 0) is 0 Å². The molecule has 1 fully saturated rings. The molecule has 1 amide bonds. The Morgan fingerprint density at radius 3 is 2.63 bits per heavy atom. The number of anilines is 3. The number of hydrogen-bond donors (Lipinski definition) is 1. The van der Waals surface area contributed by atoms with Crippen molar-refractivity contribution >= 4 is 23.2 Å². The summed E-state index contributed by atoms with van der Waals surface area (Å²) >= 11 is 0.